The molecule has 0 atom stereocenters. The summed E-state index contributed by atoms with van der Waals surface area (Å²) >= 11 is 15.2. The number of aryl methyl sites for hydroxylation is 1. The van der Waals surface area contributed by atoms with Gasteiger partial charge in [-0.05, 0) is 36.4 Å². The van der Waals surface area contributed by atoms with Crippen LogP contribution >= 0.6 is 46.3 Å². The maximum absolute atomic E-state index is 12.9. The van der Waals surface area contributed by atoms with E-state index in [4.69, 9.17) is 23.2 Å². The van der Waals surface area contributed by atoms with Gasteiger partial charge in [0, 0.05) is 14.9 Å². The molecule has 1 aromatic carbocycles. The molecule has 2 heterocycles. The molecule has 120 valence electrons. The van der Waals surface area contributed by atoms with Crippen molar-refractivity contribution in [2.24, 2.45) is 0 Å². The molecular formula is C16H14Cl2N2OS2. The van der Waals surface area contributed by atoms with E-state index in [9.17, 15) is 4.79 Å². The summed E-state index contributed by atoms with van der Waals surface area (Å²) < 4.78 is 1.67. The minimum absolute atomic E-state index is 0.0266. The Hall–Kier alpha value is -1.01. The van der Waals surface area contributed by atoms with Crippen LogP contribution in [0.4, 0.5) is 0 Å². The number of rotatable bonds is 4. The Morgan fingerprint density at radius 1 is 1.30 bits per heavy atom. The van der Waals surface area contributed by atoms with Crippen LogP contribution in [0.1, 0.15) is 17.4 Å². The third kappa shape index (κ3) is 3.29. The van der Waals surface area contributed by atoms with E-state index in [1.807, 2.05) is 18.4 Å². The minimum Gasteiger partial charge on any atom is -0.282 e. The van der Waals surface area contributed by atoms with Crippen molar-refractivity contribution in [3.63, 3.8) is 0 Å². The summed E-state index contributed by atoms with van der Waals surface area (Å²) in [6.45, 7) is 2.46. The van der Waals surface area contributed by atoms with E-state index in [2.05, 4.69) is 11.9 Å². The summed E-state index contributed by atoms with van der Waals surface area (Å²) in [5.74, 6) is 0. The van der Waals surface area contributed by atoms with Crippen LogP contribution in [0.25, 0.3) is 10.2 Å². The summed E-state index contributed by atoms with van der Waals surface area (Å²) in [4.78, 5) is 19.5. The van der Waals surface area contributed by atoms with Gasteiger partial charge in [-0.2, -0.15) is 0 Å². The van der Waals surface area contributed by atoms with Gasteiger partial charge in [-0.3, -0.25) is 9.36 Å². The van der Waals surface area contributed by atoms with Crippen LogP contribution in [-0.4, -0.2) is 15.8 Å². The maximum Gasteiger partial charge on any atom is 0.263 e. The molecule has 0 spiro atoms. The molecule has 2 aromatic heterocycles. The lowest BCUT2D eigenvalue weighted by Crippen LogP contribution is -2.23. The van der Waals surface area contributed by atoms with Crippen molar-refractivity contribution in [1.29, 1.82) is 0 Å². The van der Waals surface area contributed by atoms with Crippen LogP contribution in [0.5, 0.6) is 0 Å². The van der Waals surface area contributed by atoms with Gasteiger partial charge in [0.15, 0.2) is 5.16 Å². The van der Waals surface area contributed by atoms with Crippen molar-refractivity contribution in [3.8, 4) is 0 Å². The molecule has 3 aromatic rings. The largest absolute Gasteiger partial charge is 0.282 e. The van der Waals surface area contributed by atoms with Crippen LogP contribution in [0.3, 0.4) is 0 Å². The fraction of sp³-hybridized carbons (Fsp3) is 0.250. The first-order chi connectivity index (χ1) is 11.0. The molecule has 0 aliphatic heterocycles. The lowest BCUT2D eigenvalue weighted by Gasteiger charge is -2.11. The van der Waals surface area contributed by atoms with Crippen molar-refractivity contribution in [3.05, 3.63) is 55.1 Å². The topological polar surface area (TPSA) is 34.9 Å². The summed E-state index contributed by atoms with van der Waals surface area (Å²) in [5, 5.41) is 2.50. The zero-order chi connectivity index (χ0) is 16.6. The Morgan fingerprint density at radius 3 is 2.74 bits per heavy atom. The second kappa shape index (κ2) is 6.85. The normalized spacial score (nSPS) is 11.3. The molecule has 0 aliphatic rings. The highest BCUT2D eigenvalue weighted by atomic mass is 35.5. The van der Waals surface area contributed by atoms with Crippen LogP contribution in [0, 0.1) is 0 Å². The third-order valence-electron chi connectivity index (χ3n) is 3.54. The first kappa shape index (κ1) is 16.8. The average molecular weight is 385 g/mol. The molecule has 0 unspecified atom stereocenters. The van der Waals surface area contributed by atoms with E-state index in [0.29, 0.717) is 27.1 Å². The van der Waals surface area contributed by atoms with Crippen molar-refractivity contribution >= 4 is 56.5 Å². The Morgan fingerprint density at radius 2 is 2.09 bits per heavy atom. The summed E-state index contributed by atoms with van der Waals surface area (Å²) in [7, 11) is 0. The molecule has 0 aliphatic carbocycles. The highest BCUT2D eigenvalue weighted by Gasteiger charge is 2.14. The number of thiophene rings is 1. The number of halogens is 2. The molecule has 0 saturated carbocycles. The van der Waals surface area contributed by atoms with Gasteiger partial charge in [-0.1, -0.05) is 48.0 Å². The van der Waals surface area contributed by atoms with Gasteiger partial charge in [0.25, 0.3) is 5.56 Å². The van der Waals surface area contributed by atoms with E-state index in [1.54, 1.807) is 28.0 Å². The number of hydrogen-bond donors (Lipinski definition) is 0. The van der Waals surface area contributed by atoms with Crippen LogP contribution in [0.2, 0.25) is 10.0 Å². The fourth-order valence-electron chi connectivity index (χ4n) is 2.34. The fourth-order valence-corrected chi connectivity index (χ4v) is 4.37. The predicted octanol–water partition coefficient (Wildman–Crippen LogP) is 5.10. The maximum atomic E-state index is 12.9. The molecule has 3 nitrogen and oxygen atoms in total. The van der Waals surface area contributed by atoms with Gasteiger partial charge in [-0.15, -0.1) is 11.3 Å². The molecule has 0 amide bonds. The van der Waals surface area contributed by atoms with E-state index in [-0.39, 0.29) is 5.56 Å². The number of thioether (sulfide) groups is 1. The van der Waals surface area contributed by atoms with Crippen LogP contribution < -0.4 is 5.56 Å². The first-order valence-electron chi connectivity index (χ1n) is 7.04. The number of aromatic nitrogens is 2. The zero-order valence-electron chi connectivity index (χ0n) is 12.6. The van der Waals surface area contributed by atoms with Crippen molar-refractivity contribution in [2.45, 2.75) is 25.0 Å². The molecular weight excluding hydrogens is 371 g/mol. The Balaban J connectivity index is 2.15. The molecule has 0 fully saturated rings. The van der Waals surface area contributed by atoms with E-state index in [1.165, 1.54) is 16.6 Å². The van der Waals surface area contributed by atoms with Crippen molar-refractivity contribution in [1.82, 2.24) is 9.55 Å². The van der Waals surface area contributed by atoms with Gasteiger partial charge < -0.3 is 0 Å². The lowest BCUT2D eigenvalue weighted by atomic mass is 10.2. The lowest BCUT2D eigenvalue weighted by molar-refractivity contribution is 0.660. The highest BCUT2D eigenvalue weighted by molar-refractivity contribution is 7.98. The van der Waals surface area contributed by atoms with Gasteiger partial charge in [-0.25, -0.2) is 4.98 Å². The third-order valence-corrected chi connectivity index (χ3v) is 5.98. The standard InChI is InChI=1S/C16H14Cl2N2OS2/c1-3-11-7-12-14(23-11)19-16(22-2)20(15(12)21)8-9-4-5-10(17)6-13(9)18/h4-7H,3,8H2,1-2H3. The minimum atomic E-state index is -0.0266. The highest BCUT2D eigenvalue weighted by Crippen LogP contribution is 2.26. The Bertz CT molecular complexity index is 934. The van der Waals surface area contributed by atoms with E-state index >= 15 is 0 Å². The average Bonchev–Trinajstić information content (AvgIpc) is 2.95. The number of hydrogen-bond acceptors (Lipinski definition) is 4. The summed E-state index contributed by atoms with van der Waals surface area (Å²) in [6, 6.07) is 7.25. The second-order valence-electron chi connectivity index (χ2n) is 5.01. The number of fused-ring (bicyclic) bond motifs is 1. The van der Waals surface area contributed by atoms with Crippen LogP contribution in [-0.2, 0) is 13.0 Å². The molecule has 0 N–H and O–H groups in total. The van der Waals surface area contributed by atoms with Gasteiger partial charge in [0.1, 0.15) is 4.83 Å². The van der Waals surface area contributed by atoms with Crippen LogP contribution in [0.15, 0.2) is 34.2 Å². The van der Waals surface area contributed by atoms with Crippen molar-refractivity contribution < 1.29 is 0 Å². The summed E-state index contributed by atoms with van der Waals surface area (Å²) in [5.41, 5.74) is 0.821. The summed E-state index contributed by atoms with van der Waals surface area (Å²) in [6.07, 6.45) is 2.82. The Labute approximate surface area is 152 Å². The quantitative estimate of drug-likeness (QED) is 0.463. The molecule has 23 heavy (non-hydrogen) atoms. The first-order valence-corrected chi connectivity index (χ1v) is 9.84. The Kier molecular flexibility index (Phi) is 5.01. The zero-order valence-corrected chi connectivity index (χ0v) is 15.7. The van der Waals surface area contributed by atoms with Crippen molar-refractivity contribution in [2.75, 3.05) is 6.26 Å². The van der Waals surface area contributed by atoms with Gasteiger partial charge in [0.2, 0.25) is 0 Å². The molecule has 0 bridgehead atoms. The smallest absolute Gasteiger partial charge is 0.263 e. The van der Waals surface area contributed by atoms with Gasteiger partial charge in [0.05, 0.1) is 11.9 Å². The predicted molar refractivity (Wildman–Crippen MR) is 101 cm³/mol. The SMILES string of the molecule is CCc1cc2c(=O)n(Cc3ccc(Cl)cc3Cl)c(SC)nc2s1. The van der Waals surface area contributed by atoms with Gasteiger partial charge >= 0.3 is 0 Å². The number of benzene rings is 1. The van der Waals surface area contributed by atoms with E-state index < -0.39 is 0 Å². The second-order valence-corrected chi connectivity index (χ2v) is 7.74. The molecule has 0 radical (unpaired) electrons. The molecule has 7 heteroatoms. The molecule has 0 saturated heterocycles. The van der Waals surface area contributed by atoms with E-state index in [0.717, 1.165) is 16.8 Å². The monoisotopic (exact) mass is 384 g/mol. The molecule has 3 rings (SSSR count). The number of nitrogens with zero attached hydrogens (tertiary/aromatic N) is 2.